The number of benzene rings is 1. The summed E-state index contributed by atoms with van der Waals surface area (Å²) in [5, 5.41) is 22.1. The third-order valence-corrected chi connectivity index (χ3v) is 7.73. The molecular weight excluding hydrogens is 532 g/mol. The Balaban J connectivity index is 1.65. The maximum Gasteiger partial charge on any atom is 0.163 e. The third-order valence-electron chi connectivity index (χ3n) is 7.41. The molecule has 0 unspecified atom stereocenters. The number of aliphatic hydroxyl groups excluding tert-OH is 1. The van der Waals surface area contributed by atoms with Gasteiger partial charge in [0.1, 0.15) is 24.3 Å². The molecule has 0 bridgehead atoms. The van der Waals surface area contributed by atoms with Gasteiger partial charge in [0, 0.05) is 41.9 Å². The number of anilines is 1. The quantitative estimate of drug-likeness (QED) is 0.257. The number of ether oxygens (including phenoxy) is 2. The lowest BCUT2D eigenvalue weighted by atomic mass is 9.61. The first-order valence-corrected chi connectivity index (χ1v) is 13.8. The van der Waals surface area contributed by atoms with Crippen molar-refractivity contribution in [3.05, 3.63) is 40.2 Å². The first kappa shape index (κ1) is 29.7. The van der Waals surface area contributed by atoms with E-state index >= 15 is 0 Å². The zero-order valence-electron chi connectivity index (χ0n) is 23.5. The molecule has 1 saturated heterocycles. The highest BCUT2D eigenvalue weighted by Gasteiger charge is 2.53. The highest BCUT2D eigenvalue weighted by Crippen LogP contribution is 2.51. The van der Waals surface area contributed by atoms with Crippen molar-refractivity contribution in [2.75, 3.05) is 44.8 Å². The van der Waals surface area contributed by atoms with Crippen LogP contribution < -0.4 is 20.7 Å². The van der Waals surface area contributed by atoms with E-state index in [9.17, 15) is 9.90 Å². The van der Waals surface area contributed by atoms with Crippen molar-refractivity contribution in [1.82, 2.24) is 15.3 Å². The predicted octanol–water partition coefficient (Wildman–Crippen LogP) is 3.24. The van der Waals surface area contributed by atoms with Gasteiger partial charge in [-0.3, -0.25) is 4.79 Å². The summed E-state index contributed by atoms with van der Waals surface area (Å²) in [6, 6.07) is 7.28. The number of carbonyl (C=O) groups excluding carboxylic acids is 1. The smallest absolute Gasteiger partial charge is 0.163 e. The SMILES string of the molecule is CNC[C@@H](O)COc1ccc(Cl)c(-c2nc(C(C(C)=O)=C(C)N)c(C)c(N3CC4(CC(OCCC#N)C4)C3)n2)c1. The number of nitrogens with two attached hydrogens (primary N) is 1. The first-order chi connectivity index (χ1) is 19.1. The lowest BCUT2D eigenvalue weighted by Crippen LogP contribution is -2.64. The molecule has 0 radical (unpaired) electrons. The van der Waals surface area contributed by atoms with Crippen LogP contribution in [-0.4, -0.2) is 73.0 Å². The number of nitrogens with one attached hydrogen (secondary N) is 1. The van der Waals surface area contributed by atoms with Crippen LogP contribution in [0.3, 0.4) is 0 Å². The molecule has 1 saturated carbocycles. The highest BCUT2D eigenvalue weighted by atomic mass is 35.5. The highest BCUT2D eigenvalue weighted by molar-refractivity contribution is 6.33. The fourth-order valence-electron chi connectivity index (χ4n) is 5.53. The molecule has 40 heavy (non-hydrogen) atoms. The van der Waals surface area contributed by atoms with Crippen LogP contribution in [0, 0.1) is 23.7 Å². The van der Waals surface area contributed by atoms with E-state index in [0.29, 0.717) is 58.7 Å². The number of carbonyl (C=O) groups is 1. The Morgan fingerprint density at radius 2 is 2.08 bits per heavy atom. The van der Waals surface area contributed by atoms with Gasteiger partial charge in [0.25, 0.3) is 0 Å². The van der Waals surface area contributed by atoms with E-state index in [2.05, 4.69) is 16.3 Å². The molecule has 214 valence electrons. The molecule has 2 heterocycles. The maximum atomic E-state index is 12.7. The van der Waals surface area contributed by atoms with Gasteiger partial charge in [-0.2, -0.15) is 5.26 Å². The van der Waals surface area contributed by atoms with E-state index in [4.69, 9.17) is 42.0 Å². The Morgan fingerprint density at radius 1 is 1.35 bits per heavy atom. The van der Waals surface area contributed by atoms with E-state index in [0.717, 1.165) is 37.3 Å². The van der Waals surface area contributed by atoms with Crippen molar-refractivity contribution < 1.29 is 19.4 Å². The molecule has 1 aromatic heterocycles. The molecule has 4 N–H and O–H groups in total. The number of nitrogens with zero attached hydrogens (tertiary/aromatic N) is 4. The van der Waals surface area contributed by atoms with Crippen molar-refractivity contribution in [2.45, 2.75) is 52.2 Å². The van der Waals surface area contributed by atoms with E-state index in [1.54, 1.807) is 32.2 Å². The van der Waals surface area contributed by atoms with Crippen molar-refractivity contribution in [1.29, 1.82) is 5.26 Å². The van der Waals surface area contributed by atoms with Crippen LogP contribution in [0.5, 0.6) is 5.75 Å². The number of halogens is 1. The summed E-state index contributed by atoms with van der Waals surface area (Å²) >= 11 is 6.62. The largest absolute Gasteiger partial charge is 0.491 e. The summed E-state index contributed by atoms with van der Waals surface area (Å²) < 4.78 is 11.6. The number of nitriles is 1. The molecule has 2 aromatic rings. The maximum absolute atomic E-state index is 12.7. The average Bonchev–Trinajstić information content (AvgIpc) is 2.85. The Bertz CT molecular complexity index is 1320. The van der Waals surface area contributed by atoms with Crippen LogP contribution >= 0.6 is 11.6 Å². The second kappa shape index (κ2) is 12.5. The van der Waals surface area contributed by atoms with E-state index in [-0.39, 0.29) is 23.9 Å². The minimum atomic E-state index is -0.671. The van der Waals surface area contributed by atoms with Crippen LogP contribution in [-0.2, 0) is 9.53 Å². The predicted molar refractivity (Wildman–Crippen MR) is 154 cm³/mol. The molecule has 10 nitrogen and oxygen atoms in total. The Hall–Kier alpha value is -3.23. The molecular formula is C29H37ClN6O4. The van der Waals surface area contributed by atoms with Crippen LogP contribution in [0.25, 0.3) is 17.0 Å². The molecule has 2 fully saturated rings. The fraction of sp³-hybridized carbons (Fsp3) is 0.517. The summed E-state index contributed by atoms with van der Waals surface area (Å²) in [5.41, 5.74) is 8.86. The number of allylic oxidation sites excluding steroid dienone is 2. The van der Waals surface area contributed by atoms with Gasteiger partial charge in [-0.15, -0.1) is 0 Å². The van der Waals surface area contributed by atoms with Gasteiger partial charge in [0.05, 0.1) is 41.5 Å². The molecule has 1 spiro atoms. The number of Topliss-reactive ketones (excluding diaryl/α,β-unsaturated/α-hetero) is 1. The molecule has 1 aliphatic heterocycles. The van der Waals surface area contributed by atoms with Crippen molar-refractivity contribution in [2.24, 2.45) is 11.1 Å². The summed E-state index contributed by atoms with van der Waals surface area (Å²) in [6.07, 6.45) is 1.82. The Morgan fingerprint density at radius 3 is 2.70 bits per heavy atom. The van der Waals surface area contributed by atoms with Gasteiger partial charge in [-0.05, 0) is 58.9 Å². The van der Waals surface area contributed by atoms with Crippen molar-refractivity contribution in [3.8, 4) is 23.2 Å². The summed E-state index contributed by atoms with van der Waals surface area (Å²) in [7, 11) is 1.76. The van der Waals surface area contributed by atoms with Gasteiger partial charge in [0.2, 0.25) is 0 Å². The van der Waals surface area contributed by atoms with Crippen LogP contribution in [0.1, 0.15) is 44.4 Å². The van der Waals surface area contributed by atoms with Gasteiger partial charge >= 0.3 is 0 Å². The van der Waals surface area contributed by atoms with Crippen LogP contribution in [0.4, 0.5) is 5.82 Å². The number of aromatic nitrogens is 2. The zero-order chi connectivity index (χ0) is 29.0. The second-order valence-corrected chi connectivity index (χ2v) is 11.2. The Labute approximate surface area is 240 Å². The second-order valence-electron chi connectivity index (χ2n) is 10.8. The first-order valence-electron chi connectivity index (χ1n) is 13.4. The molecule has 0 amide bonds. The standard InChI is InChI=1S/C29H37ClN6O4/c1-17-26(25(18(2)32)19(3)37)34-27(23-10-21(6-7-24(23)30)40-14-20(38)13-33-4)35-28(17)36-15-29(16-36)11-22(12-29)39-9-5-8-31/h6-7,10,20,22,33,38H,5,9,11-16,32H2,1-4H3/t20-/m1/s1. The minimum absolute atomic E-state index is 0.105. The molecule has 11 heteroatoms. The number of aliphatic hydroxyl groups is 1. The summed E-state index contributed by atoms with van der Waals surface area (Å²) in [5.74, 6) is 1.41. The summed E-state index contributed by atoms with van der Waals surface area (Å²) in [6.45, 7) is 7.66. The number of hydrogen-bond donors (Lipinski definition) is 3. The lowest BCUT2D eigenvalue weighted by molar-refractivity contribution is -0.111. The van der Waals surface area contributed by atoms with Gasteiger partial charge in [0.15, 0.2) is 11.6 Å². The minimum Gasteiger partial charge on any atom is -0.491 e. The van der Waals surface area contributed by atoms with Gasteiger partial charge in [-0.25, -0.2) is 9.97 Å². The van der Waals surface area contributed by atoms with E-state index in [1.165, 1.54) is 6.92 Å². The molecule has 2 aliphatic rings. The topological polar surface area (TPSA) is 147 Å². The lowest BCUT2D eigenvalue weighted by Gasteiger charge is -2.59. The van der Waals surface area contributed by atoms with Crippen molar-refractivity contribution in [3.63, 3.8) is 0 Å². The zero-order valence-corrected chi connectivity index (χ0v) is 24.2. The number of hydrogen-bond acceptors (Lipinski definition) is 10. The Kier molecular flexibility index (Phi) is 9.31. The molecule has 1 aromatic carbocycles. The van der Waals surface area contributed by atoms with Crippen molar-refractivity contribution >= 4 is 28.8 Å². The summed E-state index contributed by atoms with van der Waals surface area (Å²) in [4.78, 5) is 24.6. The third kappa shape index (κ3) is 6.39. The monoisotopic (exact) mass is 568 g/mol. The number of likely N-dealkylation sites (N-methyl/N-ethyl adjacent to an activating group) is 1. The number of ketones is 1. The van der Waals surface area contributed by atoms with E-state index < -0.39 is 6.10 Å². The number of rotatable bonds is 12. The molecule has 1 atom stereocenters. The average molecular weight is 569 g/mol. The molecule has 1 aliphatic carbocycles. The van der Waals surface area contributed by atoms with Gasteiger partial charge < -0.3 is 30.5 Å². The van der Waals surface area contributed by atoms with Gasteiger partial charge in [-0.1, -0.05) is 11.6 Å². The van der Waals surface area contributed by atoms with Crippen LogP contribution in [0.2, 0.25) is 5.02 Å². The van der Waals surface area contributed by atoms with E-state index in [1.807, 2.05) is 6.92 Å². The normalized spacial score (nSPS) is 17.5. The fourth-order valence-corrected chi connectivity index (χ4v) is 5.73. The van der Waals surface area contributed by atoms with Crippen LogP contribution in [0.15, 0.2) is 23.9 Å². The molecule has 4 rings (SSSR count).